The van der Waals surface area contributed by atoms with Gasteiger partial charge >= 0.3 is 0 Å². The van der Waals surface area contributed by atoms with E-state index in [2.05, 4.69) is 5.32 Å². The van der Waals surface area contributed by atoms with Gasteiger partial charge in [-0.2, -0.15) is 0 Å². The lowest BCUT2D eigenvalue weighted by Crippen LogP contribution is -2.40. The van der Waals surface area contributed by atoms with E-state index in [1.165, 1.54) is 31.0 Å². The molecule has 0 spiro atoms. The van der Waals surface area contributed by atoms with E-state index in [4.69, 9.17) is 4.98 Å². The number of rotatable bonds is 6. The molecule has 6 heteroatoms. The summed E-state index contributed by atoms with van der Waals surface area (Å²) in [7, 11) is 0. The van der Waals surface area contributed by atoms with Crippen LogP contribution in [0.5, 0.6) is 0 Å². The minimum Gasteiger partial charge on any atom is -0.352 e. The number of nitrogens with zero attached hydrogens (tertiary/aromatic N) is 2. The van der Waals surface area contributed by atoms with Crippen LogP contribution in [0.25, 0.3) is 10.9 Å². The molecule has 4 rings (SSSR count). The number of hydrogen-bond acceptors (Lipinski definition) is 4. The molecular weight excluding hydrogens is 394 g/mol. The monoisotopic (exact) mass is 421 g/mol. The first-order chi connectivity index (χ1) is 14.6. The maximum absolute atomic E-state index is 13.2. The average molecular weight is 422 g/mol. The summed E-state index contributed by atoms with van der Waals surface area (Å²) < 4.78 is 1.69. The molecule has 0 aliphatic heterocycles. The van der Waals surface area contributed by atoms with E-state index >= 15 is 0 Å². The van der Waals surface area contributed by atoms with Gasteiger partial charge in [0.05, 0.1) is 22.7 Å². The second-order valence-electron chi connectivity index (χ2n) is 7.89. The molecule has 1 aromatic heterocycles. The van der Waals surface area contributed by atoms with Gasteiger partial charge in [0.15, 0.2) is 5.16 Å². The maximum Gasteiger partial charge on any atom is 0.262 e. The minimum absolute atomic E-state index is 0.0144. The standard InChI is InChI=1S/C24H27N3O2S/c1-17(22(28)25-19-12-6-3-7-13-19)30-24-26-21-15-9-8-14-20(21)23(29)27(24)16-18-10-4-2-5-11-18/h2,4-5,8-11,14-15,17,19H,3,6-7,12-13,16H2,1H3,(H,25,28). The molecule has 1 aliphatic rings. The van der Waals surface area contributed by atoms with E-state index < -0.39 is 0 Å². The first-order valence-electron chi connectivity index (χ1n) is 10.6. The van der Waals surface area contributed by atoms with Crippen LogP contribution in [0.1, 0.15) is 44.6 Å². The maximum atomic E-state index is 13.2. The molecule has 2 aromatic carbocycles. The van der Waals surface area contributed by atoms with Gasteiger partial charge in [-0.3, -0.25) is 14.2 Å². The van der Waals surface area contributed by atoms with Gasteiger partial charge in [0.25, 0.3) is 5.56 Å². The van der Waals surface area contributed by atoms with E-state index in [1.807, 2.05) is 55.5 Å². The van der Waals surface area contributed by atoms with Gasteiger partial charge in [-0.25, -0.2) is 4.98 Å². The Morgan fingerprint density at radius 1 is 1.10 bits per heavy atom. The van der Waals surface area contributed by atoms with Gasteiger partial charge in [-0.15, -0.1) is 0 Å². The number of nitrogens with one attached hydrogen (secondary N) is 1. The van der Waals surface area contributed by atoms with Gasteiger partial charge in [-0.05, 0) is 37.5 Å². The number of carbonyl (C=O) groups is 1. The van der Waals surface area contributed by atoms with E-state index in [9.17, 15) is 9.59 Å². The zero-order valence-electron chi connectivity index (χ0n) is 17.2. The Bertz CT molecular complexity index is 1070. The van der Waals surface area contributed by atoms with Crippen LogP contribution < -0.4 is 10.9 Å². The largest absolute Gasteiger partial charge is 0.352 e. The molecule has 1 N–H and O–H groups in total. The molecular formula is C24H27N3O2S. The van der Waals surface area contributed by atoms with Crippen LogP contribution in [0, 0.1) is 0 Å². The Labute approximate surface area is 180 Å². The van der Waals surface area contributed by atoms with Crippen molar-refractivity contribution in [1.82, 2.24) is 14.9 Å². The zero-order chi connectivity index (χ0) is 20.9. The predicted octanol–water partition coefficient (Wildman–Crippen LogP) is 4.37. The highest BCUT2D eigenvalue weighted by Gasteiger charge is 2.23. The molecule has 0 radical (unpaired) electrons. The average Bonchev–Trinajstić information content (AvgIpc) is 2.78. The fraction of sp³-hybridized carbons (Fsp3) is 0.375. The molecule has 1 heterocycles. The van der Waals surface area contributed by atoms with Crippen molar-refractivity contribution >= 4 is 28.6 Å². The van der Waals surface area contributed by atoms with Crippen LogP contribution in [-0.4, -0.2) is 26.8 Å². The van der Waals surface area contributed by atoms with Gasteiger partial charge in [0, 0.05) is 6.04 Å². The summed E-state index contributed by atoms with van der Waals surface area (Å²) in [5, 5.41) is 4.03. The smallest absolute Gasteiger partial charge is 0.262 e. The van der Waals surface area contributed by atoms with Crippen LogP contribution in [0.3, 0.4) is 0 Å². The summed E-state index contributed by atoms with van der Waals surface area (Å²) in [5.41, 5.74) is 1.61. The lowest BCUT2D eigenvalue weighted by atomic mass is 9.95. The number of thioether (sulfide) groups is 1. The first-order valence-corrected chi connectivity index (χ1v) is 11.5. The summed E-state index contributed by atoms with van der Waals surface area (Å²) in [4.78, 5) is 30.8. The minimum atomic E-state index is -0.331. The van der Waals surface area contributed by atoms with Crippen molar-refractivity contribution in [3.8, 4) is 0 Å². The Kier molecular flexibility index (Phi) is 6.53. The first kappa shape index (κ1) is 20.7. The van der Waals surface area contributed by atoms with Crippen molar-refractivity contribution in [2.45, 2.75) is 62.0 Å². The van der Waals surface area contributed by atoms with Crippen molar-refractivity contribution in [2.75, 3.05) is 0 Å². The van der Waals surface area contributed by atoms with Gasteiger partial charge < -0.3 is 5.32 Å². The molecule has 0 bridgehead atoms. The highest BCUT2D eigenvalue weighted by atomic mass is 32.2. The number of aromatic nitrogens is 2. The number of hydrogen-bond donors (Lipinski definition) is 1. The van der Waals surface area contributed by atoms with Gasteiger partial charge in [0.1, 0.15) is 0 Å². The molecule has 1 fully saturated rings. The van der Waals surface area contributed by atoms with Crippen molar-refractivity contribution in [3.05, 3.63) is 70.5 Å². The SMILES string of the molecule is CC(Sc1nc2ccccc2c(=O)n1Cc1ccccc1)C(=O)NC1CCCCC1. The molecule has 156 valence electrons. The summed E-state index contributed by atoms with van der Waals surface area (Å²) in [6.07, 6.45) is 5.71. The Morgan fingerprint density at radius 2 is 1.80 bits per heavy atom. The lowest BCUT2D eigenvalue weighted by Gasteiger charge is -2.24. The number of fused-ring (bicyclic) bond motifs is 1. The van der Waals surface area contributed by atoms with Crippen molar-refractivity contribution in [3.63, 3.8) is 0 Å². The number of para-hydroxylation sites is 1. The summed E-state index contributed by atoms with van der Waals surface area (Å²) in [6.45, 7) is 2.31. The normalized spacial score (nSPS) is 15.8. The van der Waals surface area contributed by atoms with E-state index in [0.717, 1.165) is 18.4 Å². The van der Waals surface area contributed by atoms with E-state index in [0.29, 0.717) is 22.6 Å². The second-order valence-corrected chi connectivity index (χ2v) is 9.20. The van der Waals surface area contributed by atoms with Crippen molar-refractivity contribution < 1.29 is 4.79 Å². The van der Waals surface area contributed by atoms with Crippen molar-refractivity contribution in [1.29, 1.82) is 0 Å². The van der Waals surface area contributed by atoms with Crippen LogP contribution in [-0.2, 0) is 11.3 Å². The second kappa shape index (κ2) is 9.47. The summed E-state index contributed by atoms with van der Waals surface area (Å²) in [6, 6.07) is 17.5. The van der Waals surface area contributed by atoms with Gasteiger partial charge in [-0.1, -0.05) is 73.5 Å². The molecule has 1 unspecified atom stereocenters. The molecule has 0 saturated heterocycles. The fourth-order valence-corrected chi connectivity index (χ4v) is 4.84. The number of benzene rings is 2. The van der Waals surface area contributed by atoms with Crippen molar-refractivity contribution in [2.24, 2.45) is 0 Å². The zero-order valence-corrected chi connectivity index (χ0v) is 18.0. The quantitative estimate of drug-likeness (QED) is 0.474. The lowest BCUT2D eigenvalue weighted by molar-refractivity contribution is -0.121. The molecule has 5 nitrogen and oxygen atoms in total. The predicted molar refractivity (Wildman–Crippen MR) is 122 cm³/mol. The van der Waals surface area contributed by atoms with E-state index in [1.54, 1.807) is 10.6 Å². The third kappa shape index (κ3) is 4.75. The van der Waals surface area contributed by atoms with E-state index in [-0.39, 0.29) is 22.8 Å². The summed E-state index contributed by atoms with van der Waals surface area (Å²) in [5.74, 6) is 0.0144. The third-order valence-electron chi connectivity index (χ3n) is 5.61. The molecule has 1 atom stereocenters. The fourth-order valence-electron chi connectivity index (χ4n) is 3.92. The molecule has 1 saturated carbocycles. The third-order valence-corrected chi connectivity index (χ3v) is 6.70. The topological polar surface area (TPSA) is 64.0 Å². The highest BCUT2D eigenvalue weighted by Crippen LogP contribution is 2.24. The molecule has 1 aliphatic carbocycles. The van der Waals surface area contributed by atoms with Gasteiger partial charge in [0.2, 0.25) is 5.91 Å². The highest BCUT2D eigenvalue weighted by molar-refractivity contribution is 8.00. The number of amides is 1. The van der Waals surface area contributed by atoms with Crippen LogP contribution in [0.4, 0.5) is 0 Å². The van der Waals surface area contributed by atoms with Crippen LogP contribution in [0.15, 0.2) is 64.5 Å². The Balaban J connectivity index is 1.62. The Hall–Kier alpha value is -2.60. The Morgan fingerprint density at radius 3 is 2.57 bits per heavy atom. The molecule has 1 amide bonds. The van der Waals surface area contributed by atoms with Crippen LogP contribution >= 0.6 is 11.8 Å². The summed E-state index contributed by atoms with van der Waals surface area (Å²) >= 11 is 1.35. The molecule has 30 heavy (non-hydrogen) atoms. The van der Waals surface area contributed by atoms with Crippen LogP contribution in [0.2, 0.25) is 0 Å². The number of carbonyl (C=O) groups excluding carboxylic acids is 1. The molecule has 3 aromatic rings.